The van der Waals surface area contributed by atoms with Gasteiger partial charge in [0, 0.05) is 0 Å². The van der Waals surface area contributed by atoms with E-state index in [1.54, 1.807) is 0 Å². The second kappa shape index (κ2) is 14.5. The van der Waals surface area contributed by atoms with Crippen LogP contribution in [0.2, 0.25) is 0 Å². The number of carboxylic acid groups (broad SMARTS) is 2. The van der Waals surface area contributed by atoms with Crippen molar-refractivity contribution in [3.63, 3.8) is 0 Å². The average molecular weight is 387 g/mol. The molecule has 0 heterocycles. The van der Waals surface area contributed by atoms with E-state index in [0.717, 1.165) is 44.9 Å². The quantitative estimate of drug-likeness (QED) is 0.206. The molecular weight excluding hydrogens is 348 g/mol. The molecule has 0 aliphatic carbocycles. The topological polar surface area (TPSA) is 101 Å². The van der Waals surface area contributed by atoms with E-state index in [-0.39, 0.29) is 6.61 Å². The summed E-state index contributed by atoms with van der Waals surface area (Å²) in [7, 11) is 0. The first-order valence-electron chi connectivity index (χ1n) is 10.5. The van der Waals surface area contributed by atoms with Crippen molar-refractivity contribution in [3.05, 3.63) is 0 Å². The molecule has 0 radical (unpaired) electrons. The number of hydrogen-bond acceptors (Lipinski definition) is 4. The predicted octanol–water partition coefficient (Wildman–Crippen LogP) is 5.04. The molecule has 0 aromatic heterocycles. The fourth-order valence-electron chi connectivity index (χ4n) is 3.43. The number of aliphatic carboxylic acids is 2. The van der Waals surface area contributed by atoms with Crippen molar-refractivity contribution < 1.29 is 29.3 Å². The predicted molar refractivity (Wildman–Crippen MR) is 105 cm³/mol. The van der Waals surface area contributed by atoms with Gasteiger partial charge in [0.15, 0.2) is 0 Å². The molecule has 0 aromatic carbocycles. The molecule has 0 saturated carbocycles. The van der Waals surface area contributed by atoms with Gasteiger partial charge in [0.05, 0.1) is 6.61 Å². The van der Waals surface area contributed by atoms with Crippen LogP contribution in [0.4, 0.5) is 0 Å². The van der Waals surface area contributed by atoms with Crippen LogP contribution < -0.4 is 0 Å². The summed E-state index contributed by atoms with van der Waals surface area (Å²) in [6.07, 6.45) is 9.47. The normalized spacial score (nSPS) is 12.6. The van der Waals surface area contributed by atoms with Crippen LogP contribution >= 0.6 is 0 Å². The monoisotopic (exact) mass is 386 g/mol. The standard InChI is InChI=1S/C21H38O6/c1-4-7-10-12-15-17(14-9-6-3)21(18(22)23,19(24)25)20(26)27-16-13-11-8-5-2/h17H,4-16H2,1-3H3,(H,22,23)(H,24,25). The molecule has 0 fully saturated rings. The second-order valence-corrected chi connectivity index (χ2v) is 7.30. The molecule has 0 rings (SSSR count). The van der Waals surface area contributed by atoms with Crippen LogP contribution in [-0.4, -0.2) is 34.7 Å². The van der Waals surface area contributed by atoms with E-state index in [0.29, 0.717) is 32.1 Å². The third-order valence-electron chi connectivity index (χ3n) is 5.15. The molecule has 0 spiro atoms. The minimum Gasteiger partial charge on any atom is -0.480 e. The third-order valence-corrected chi connectivity index (χ3v) is 5.15. The maximum atomic E-state index is 12.7. The lowest BCUT2D eigenvalue weighted by molar-refractivity contribution is -0.184. The number of rotatable bonds is 17. The first-order valence-corrected chi connectivity index (χ1v) is 10.5. The molecule has 0 bridgehead atoms. The lowest BCUT2D eigenvalue weighted by Crippen LogP contribution is -2.53. The van der Waals surface area contributed by atoms with Crippen LogP contribution in [0.15, 0.2) is 0 Å². The van der Waals surface area contributed by atoms with E-state index < -0.39 is 29.2 Å². The lowest BCUT2D eigenvalue weighted by atomic mass is 9.70. The molecule has 158 valence electrons. The first kappa shape index (κ1) is 25.4. The first-order chi connectivity index (χ1) is 12.9. The Kier molecular flexibility index (Phi) is 13.6. The Labute approximate surface area is 163 Å². The molecule has 1 unspecified atom stereocenters. The Hall–Kier alpha value is -1.59. The van der Waals surface area contributed by atoms with E-state index in [1.807, 2.05) is 6.92 Å². The maximum absolute atomic E-state index is 12.7. The Balaban J connectivity index is 5.38. The van der Waals surface area contributed by atoms with Gasteiger partial charge in [-0.15, -0.1) is 0 Å². The van der Waals surface area contributed by atoms with Crippen LogP contribution in [0.25, 0.3) is 0 Å². The summed E-state index contributed by atoms with van der Waals surface area (Å²) in [5, 5.41) is 19.6. The molecule has 2 N–H and O–H groups in total. The number of carbonyl (C=O) groups excluding carboxylic acids is 1. The number of esters is 1. The van der Waals surface area contributed by atoms with Crippen LogP contribution in [0, 0.1) is 11.3 Å². The smallest absolute Gasteiger partial charge is 0.335 e. The molecule has 0 aliphatic heterocycles. The molecule has 0 saturated heterocycles. The molecule has 0 amide bonds. The summed E-state index contributed by atoms with van der Waals surface area (Å²) in [4.78, 5) is 36.8. The zero-order valence-electron chi connectivity index (χ0n) is 17.3. The van der Waals surface area contributed by atoms with Crippen molar-refractivity contribution in [1.82, 2.24) is 0 Å². The Morgan fingerprint density at radius 3 is 1.70 bits per heavy atom. The van der Waals surface area contributed by atoms with Crippen LogP contribution in [-0.2, 0) is 19.1 Å². The summed E-state index contributed by atoms with van der Waals surface area (Å²) in [5.74, 6) is -5.08. The van der Waals surface area contributed by atoms with Gasteiger partial charge in [-0.3, -0.25) is 14.4 Å². The Bertz CT molecular complexity index is 432. The number of carbonyl (C=O) groups is 3. The van der Waals surface area contributed by atoms with Gasteiger partial charge in [0.2, 0.25) is 0 Å². The number of hydrogen-bond donors (Lipinski definition) is 2. The van der Waals surface area contributed by atoms with E-state index in [4.69, 9.17) is 4.74 Å². The summed E-state index contributed by atoms with van der Waals surface area (Å²) in [6.45, 7) is 6.16. The highest BCUT2D eigenvalue weighted by Crippen LogP contribution is 2.38. The van der Waals surface area contributed by atoms with Gasteiger partial charge < -0.3 is 14.9 Å². The van der Waals surface area contributed by atoms with Gasteiger partial charge in [-0.2, -0.15) is 0 Å². The Morgan fingerprint density at radius 2 is 1.22 bits per heavy atom. The number of ether oxygens (including phenoxy) is 1. The molecule has 1 atom stereocenters. The highest BCUT2D eigenvalue weighted by molar-refractivity contribution is 6.17. The fourth-order valence-corrected chi connectivity index (χ4v) is 3.43. The molecule has 6 heteroatoms. The largest absolute Gasteiger partial charge is 0.480 e. The second-order valence-electron chi connectivity index (χ2n) is 7.30. The van der Waals surface area contributed by atoms with Crippen molar-refractivity contribution in [2.24, 2.45) is 11.3 Å². The molecular formula is C21H38O6. The highest BCUT2D eigenvalue weighted by Gasteiger charge is 2.60. The fraction of sp³-hybridized carbons (Fsp3) is 0.857. The minimum absolute atomic E-state index is 0.0669. The van der Waals surface area contributed by atoms with Gasteiger partial charge >= 0.3 is 17.9 Å². The van der Waals surface area contributed by atoms with Crippen molar-refractivity contribution >= 4 is 17.9 Å². The molecule has 27 heavy (non-hydrogen) atoms. The van der Waals surface area contributed by atoms with Crippen molar-refractivity contribution in [3.8, 4) is 0 Å². The highest BCUT2D eigenvalue weighted by atomic mass is 16.5. The van der Waals surface area contributed by atoms with Gasteiger partial charge in [0.25, 0.3) is 5.41 Å². The SMILES string of the molecule is CCCCCCOC(=O)C(C(=O)O)(C(=O)O)C(CCCC)CCCCCC. The summed E-state index contributed by atoms with van der Waals surface area (Å²) in [6, 6.07) is 0. The van der Waals surface area contributed by atoms with Crippen molar-refractivity contribution in [2.45, 2.75) is 97.8 Å². The van der Waals surface area contributed by atoms with Gasteiger partial charge in [-0.25, -0.2) is 0 Å². The van der Waals surface area contributed by atoms with Crippen LogP contribution in [0.5, 0.6) is 0 Å². The van der Waals surface area contributed by atoms with E-state index in [2.05, 4.69) is 13.8 Å². The zero-order chi connectivity index (χ0) is 20.7. The number of carboxylic acids is 2. The zero-order valence-corrected chi connectivity index (χ0v) is 17.3. The molecule has 6 nitrogen and oxygen atoms in total. The van der Waals surface area contributed by atoms with Crippen LogP contribution in [0.1, 0.15) is 97.8 Å². The number of unbranched alkanes of at least 4 members (excludes halogenated alkanes) is 7. The van der Waals surface area contributed by atoms with E-state index in [9.17, 15) is 24.6 Å². The van der Waals surface area contributed by atoms with Gasteiger partial charge in [-0.05, 0) is 25.2 Å². The lowest BCUT2D eigenvalue weighted by Gasteiger charge is -2.31. The molecule has 0 aliphatic rings. The van der Waals surface area contributed by atoms with Gasteiger partial charge in [-0.1, -0.05) is 78.6 Å². The van der Waals surface area contributed by atoms with Crippen LogP contribution in [0.3, 0.4) is 0 Å². The van der Waals surface area contributed by atoms with E-state index >= 15 is 0 Å². The summed E-state index contributed by atoms with van der Waals surface area (Å²) in [5.41, 5.74) is -2.51. The van der Waals surface area contributed by atoms with Gasteiger partial charge in [0.1, 0.15) is 0 Å². The summed E-state index contributed by atoms with van der Waals surface area (Å²) >= 11 is 0. The van der Waals surface area contributed by atoms with Crippen molar-refractivity contribution in [1.29, 1.82) is 0 Å². The average Bonchev–Trinajstić information content (AvgIpc) is 2.62. The maximum Gasteiger partial charge on any atom is 0.335 e. The van der Waals surface area contributed by atoms with Crippen molar-refractivity contribution in [2.75, 3.05) is 6.61 Å². The molecule has 0 aromatic rings. The minimum atomic E-state index is -2.51. The summed E-state index contributed by atoms with van der Waals surface area (Å²) < 4.78 is 5.16. The Morgan fingerprint density at radius 1 is 0.741 bits per heavy atom. The van der Waals surface area contributed by atoms with E-state index in [1.165, 1.54) is 0 Å². The third kappa shape index (κ3) is 7.89.